The van der Waals surface area contributed by atoms with E-state index in [4.69, 9.17) is 4.74 Å². The number of allylic oxidation sites excluding steroid dienone is 1. The third-order valence-corrected chi connectivity index (χ3v) is 1.40. The Kier molecular flexibility index (Phi) is 5.37. The molecule has 0 amide bonds. The van der Waals surface area contributed by atoms with Gasteiger partial charge in [-0.15, -0.1) is 0 Å². The number of esters is 1. The summed E-state index contributed by atoms with van der Waals surface area (Å²) in [7, 11) is 3.86. The smallest absolute Gasteiger partial charge is 0.333 e. The third-order valence-electron chi connectivity index (χ3n) is 1.40. The van der Waals surface area contributed by atoms with Crippen LogP contribution in [0.5, 0.6) is 0 Å². The van der Waals surface area contributed by atoms with Crippen LogP contribution in [-0.2, 0) is 9.53 Å². The Bertz CT molecular complexity index is 173. The molecule has 0 saturated carbocycles. The predicted molar refractivity (Wildman–Crippen MR) is 48.6 cm³/mol. The molecule has 0 atom stereocenters. The Hall–Kier alpha value is -0.830. The summed E-state index contributed by atoms with van der Waals surface area (Å²) in [6.07, 6.45) is 1.50. The molecule has 0 aromatic heterocycles. The summed E-state index contributed by atoms with van der Waals surface area (Å²) in [5.41, 5.74) is 0.550. The topological polar surface area (TPSA) is 29.5 Å². The molecule has 0 aliphatic carbocycles. The molecule has 69 valence electrons. The summed E-state index contributed by atoms with van der Waals surface area (Å²) < 4.78 is 4.92. The third kappa shape index (κ3) is 4.91. The van der Waals surface area contributed by atoms with Gasteiger partial charge in [-0.3, -0.25) is 0 Å². The maximum Gasteiger partial charge on any atom is 0.333 e. The number of hydrogen-bond acceptors (Lipinski definition) is 3. The van der Waals surface area contributed by atoms with Crippen LogP contribution >= 0.6 is 0 Å². The average Bonchev–Trinajstić information content (AvgIpc) is 2.02. The predicted octanol–water partition coefficient (Wildman–Crippen LogP) is 0.872. The first-order chi connectivity index (χ1) is 5.57. The molecule has 0 N–H and O–H groups in total. The molecule has 0 saturated heterocycles. The largest absolute Gasteiger partial charge is 0.461 e. The molecule has 3 nitrogen and oxygen atoms in total. The van der Waals surface area contributed by atoms with E-state index in [9.17, 15) is 4.79 Å². The van der Waals surface area contributed by atoms with Gasteiger partial charge in [-0.2, -0.15) is 0 Å². The fourth-order valence-electron chi connectivity index (χ4n) is 0.518. The van der Waals surface area contributed by atoms with E-state index >= 15 is 0 Å². The van der Waals surface area contributed by atoms with Crippen molar-refractivity contribution in [1.82, 2.24) is 4.90 Å². The van der Waals surface area contributed by atoms with Gasteiger partial charge < -0.3 is 9.64 Å². The lowest BCUT2D eigenvalue weighted by Gasteiger charge is -2.09. The lowest BCUT2D eigenvalue weighted by atomic mass is 10.3. The van der Waals surface area contributed by atoms with Crippen LogP contribution in [0.3, 0.4) is 0 Å². The van der Waals surface area contributed by atoms with Gasteiger partial charge in [0.15, 0.2) is 0 Å². The Morgan fingerprint density at radius 1 is 1.58 bits per heavy atom. The molecule has 0 aliphatic rings. The molecule has 0 fully saturated rings. The maximum atomic E-state index is 11.0. The lowest BCUT2D eigenvalue weighted by molar-refractivity contribution is -0.139. The minimum Gasteiger partial charge on any atom is -0.461 e. The van der Waals surface area contributed by atoms with E-state index in [2.05, 4.69) is 6.92 Å². The summed E-state index contributed by atoms with van der Waals surface area (Å²) in [6, 6.07) is 0. The highest BCUT2D eigenvalue weighted by Crippen LogP contribution is 1.94. The Morgan fingerprint density at radius 2 is 2.17 bits per heavy atom. The van der Waals surface area contributed by atoms with Crippen LogP contribution < -0.4 is 0 Å². The molecule has 0 unspecified atom stereocenters. The van der Waals surface area contributed by atoms with Crippen molar-refractivity contribution in [2.24, 2.45) is 0 Å². The monoisotopic (exact) mass is 170 g/mol. The van der Waals surface area contributed by atoms with E-state index in [1.165, 1.54) is 6.08 Å². The zero-order valence-corrected chi connectivity index (χ0v) is 7.96. The molecule has 0 heterocycles. The molecule has 0 aliphatic heterocycles. The Labute approximate surface area is 74.0 Å². The van der Waals surface area contributed by atoms with Crippen molar-refractivity contribution < 1.29 is 9.53 Å². The summed E-state index contributed by atoms with van der Waals surface area (Å²) in [6.45, 7) is 6.34. The van der Waals surface area contributed by atoms with Gasteiger partial charge in [0.05, 0.1) is 0 Å². The van der Waals surface area contributed by atoms with Crippen molar-refractivity contribution in [3.8, 4) is 0 Å². The van der Waals surface area contributed by atoms with E-state index in [0.29, 0.717) is 12.2 Å². The molecule has 1 radical (unpaired) electrons. The van der Waals surface area contributed by atoms with Crippen molar-refractivity contribution in [2.75, 3.05) is 27.2 Å². The average molecular weight is 170 g/mol. The SMILES string of the molecule is [CH2]C=C(C)C(=O)OCCN(C)C. The number of carbonyl (C=O) groups is 1. The standard InChI is InChI=1S/C9H16NO2/c1-5-8(2)9(11)12-7-6-10(3)4/h5H,1,6-7H2,2-4H3. The van der Waals surface area contributed by atoms with Crippen LogP contribution in [0.2, 0.25) is 0 Å². The molecular weight excluding hydrogens is 154 g/mol. The first-order valence-corrected chi connectivity index (χ1v) is 3.85. The second-order valence-electron chi connectivity index (χ2n) is 2.83. The van der Waals surface area contributed by atoms with Gasteiger partial charge >= 0.3 is 5.97 Å². The number of hydrogen-bond donors (Lipinski definition) is 0. The van der Waals surface area contributed by atoms with Gasteiger partial charge in [-0.05, 0) is 27.9 Å². The molecule has 0 spiro atoms. The number of likely N-dealkylation sites (N-methyl/N-ethyl adjacent to an activating group) is 1. The number of carbonyl (C=O) groups excluding carboxylic acids is 1. The number of rotatable bonds is 4. The molecule has 0 aromatic carbocycles. The van der Waals surface area contributed by atoms with Gasteiger partial charge in [0, 0.05) is 12.1 Å². The van der Waals surface area contributed by atoms with Gasteiger partial charge in [-0.1, -0.05) is 6.08 Å². The van der Waals surface area contributed by atoms with Crippen LogP contribution in [0.1, 0.15) is 6.92 Å². The van der Waals surface area contributed by atoms with Crippen LogP contribution in [0.4, 0.5) is 0 Å². The number of ether oxygens (including phenoxy) is 1. The minimum absolute atomic E-state index is 0.285. The Balaban J connectivity index is 3.58. The molecule has 0 rings (SSSR count). The summed E-state index contributed by atoms with van der Waals surface area (Å²) in [5, 5.41) is 0. The van der Waals surface area contributed by atoms with Gasteiger partial charge in [-0.25, -0.2) is 4.79 Å². The lowest BCUT2D eigenvalue weighted by Crippen LogP contribution is -2.20. The highest BCUT2D eigenvalue weighted by atomic mass is 16.5. The fraction of sp³-hybridized carbons (Fsp3) is 0.556. The summed E-state index contributed by atoms with van der Waals surface area (Å²) >= 11 is 0. The van der Waals surface area contributed by atoms with Crippen LogP contribution in [0, 0.1) is 6.92 Å². The molecule has 12 heavy (non-hydrogen) atoms. The zero-order valence-electron chi connectivity index (χ0n) is 7.96. The van der Waals surface area contributed by atoms with E-state index in [1.807, 2.05) is 19.0 Å². The normalized spacial score (nSPS) is 11.9. The highest BCUT2D eigenvalue weighted by Gasteiger charge is 2.03. The van der Waals surface area contributed by atoms with Crippen molar-refractivity contribution in [2.45, 2.75) is 6.92 Å². The second-order valence-corrected chi connectivity index (χ2v) is 2.83. The van der Waals surface area contributed by atoms with E-state index in [1.54, 1.807) is 6.92 Å². The number of nitrogens with zero attached hydrogens (tertiary/aromatic N) is 1. The Morgan fingerprint density at radius 3 is 2.58 bits per heavy atom. The van der Waals surface area contributed by atoms with Gasteiger partial charge in [0.25, 0.3) is 0 Å². The highest BCUT2D eigenvalue weighted by molar-refractivity contribution is 5.87. The van der Waals surface area contributed by atoms with Crippen molar-refractivity contribution >= 4 is 5.97 Å². The molecule has 0 aromatic rings. The molecule has 3 heteroatoms. The zero-order chi connectivity index (χ0) is 9.56. The van der Waals surface area contributed by atoms with Gasteiger partial charge in [0.1, 0.15) is 6.61 Å². The summed E-state index contributed by atoms with van der Waals surface area (Å²) in [5.74, 6) is -0.285. The first kappa shape index (κ1) is 11.2. The molecular formula is C9H16NO2. The quantitative estimate of drug-likeness (QED) is 0.463. The van der Waals surface area contributed by atoms with Crippen molar-refractivity contribution in [1.29, 1.82) is 0 Å². The van der Waals surface area contributed by atoms with E-state index < -0.39 is 0 Å². The van der Waals surface area contributed by atoms with Crippen LogP contribution in [0.25, 0.3) is 0 Å². The molecule has 0 bridgehead atoms. The van der Waals surface area contributed by atoms with Crippen LogP contribution in [0.15, 0.2) is 11.6 Å². The van der Waals surface area contributed by atoms with Gasteiger partial charge in [0.2, 0.25) is 0 Å². The second kappa shape index (κ2) is 5.77. The van der Waals surface area contributed by atoms with Crippen molar-refractivity contribution in [3.63, 3.8) is 0 Å². The van der Waals surface area contributed by atoms with Crippen LogP contribution in [-0.4, -0.2) is 38.1 Å². The first-order valence-electron chi connectivity index (χ1n) is 3.85. The van der Waals surface area contributed by atoms with E-state index in [0.717, 1.165) is 6.54 Å². The summed E-state index contributed by atoms with van der Waals surface area (Å²) in [4.78, 5) is 13.0. The minimum atomic E-state index is -0.285. The fourth-order valence-corrected chi connectivity index (χ4v) is 0.518. The van der Waals surface area contributed by atoms with Crippen molar-refractivity contribution in [3.05, 3.63) is 18.6 Å². The van der Waals surface area contributed by atoms with E-state index in [-0.39, 0.29) is 5.97 Å². The maximum absolute atomic E-state index is 11.0.